The summed E-state index contributed by atoms with van der Waals surface area (Å²) in [5, 5.41) is 4.55. The van der Waals surface area contributed by atoms with Gasteiger partial charge in [0.05, 0.1) is 5.56 Å². The number of amides is 1. The summed E-state index contributed by atoms with van der Waals surface area (Å²) in [6.45, 7) is 0. The van der Waals surface area contributed by atoms with E-state index in [-0.39, 0.29) is 5.91 Å². The highest BCUT2D eigenvalue weighted by Gasteiger charge is 2.16. The first-order valence-electron chi connectivity index (χ1n) is 7.10. The number of benzene rings is 2. The van der Waals surface area contributed by atoms with E-state index in [2.05, 4.69) is 15.5 Å². The van der Waals surface area contributed by atoms with Crippen LogP contribution in [0.5, 0.6) is 0 Å². The first-order chi connectivity index (χ1) is 11.1. The first kappa shape index (κ1) is 15.3. The molecule has 0 bridgehead atoms. The van der Waals surface area contributed by atoms with E-state index >= 15 is 0 Å². The lowest BCUT2D eigenvalue weighted by Gasteiger charge is -2.11. The van der Waals surface area contributed by atoms with Gasteiger partial charge in [-0.15, -0.1) is 5.10 Å². The maximum Gasteiger partial charge on any atom is 0.272 e. The summed E-state index contributed by atoms with van der Waals surface area (Å²) < 4.78 is 0. The van der Waals surface area contributed by atoms with Crippen molar-refractivity contribution in [3.8, 4) is 0 Å². The summed E-state index contributed by atoms with van der Waals surface area (Å²) in [6, 6.07) is 15.4. The van der Waals surface area contributed by atoms with Gasteiger partial charge in [0.1, 0.15) is 0 Å². The van der Waals surface area contributed by atoms with Gasteiger partial charge in [-0.2, -0.15) is 0 Å². The Morgan fingerprint density at radius 2 is 1.87 bits per heavy atom. The van der Waals surface area contributed by atoms with Gasteiger partial charge in [0.25, 0.3) is 5.91 Å². The molecular weight excluding hydrogens is 308 g/mol. The Morgan fingerprint density at radius 3 is 2.61 bits per heavy atom. The zero-order chi connectivity index (χ0) is 16.2. The molecule has 3 rings (SSSR count). The molecule has 1 N–H and O–H groups in total. The van der Waals surface area contributed by atoms with Crippen LogP contribution in [0.3, 0.4) is 0 Å². The number of thioether (sulfide) groups is 1. The second-order valence-corrected chi connectivity index (χ2v) is 6.19. The fraction of sp³-hybridized carbons (Fsp3) is 0.118. The second-order valence-electron chi connectivity index (χ2n) is 5.18. The molecule has 116 valence electrons. The zero-order valence-corrected chi connectivity index (χ0v) is 13.7. The number of hydrazone groups is 1. The van der Waals surface area contributed by atoms with E-state index in [1.807, 2.05) is 61.5 Å². The average molecular weight is 324 g/mol. The number of rotatable bonds is 2. The van der Waals surface area contributed by atoms with Gasteiger partial charge in [-0.3, -0.25) is 4.79 Å². The van der Waals surface area contributed by atoms with Crippen LogP contribution in [-0.4, -0.2) is 31.4 Å². The number of hydrogen-bond acceptors (Lipinski definition) is 5. The van der Waals surface area contributed by atoms with Crippen LogP contribution in [0.25, 0.3) is 0 Å². The minimum absolute atomic E-state index is 0.214. The molecule has 0 radical (unpaired) electrons. The lowest BCUT2D eigenvalue weighted by Crippen LogP contribution is -2.16. The van der Waals surface area contributed by atoms with E-state index in [1.54, 1.807) is 12.3 Å². The quantitative estimate of drug-likeness (QED) is 0.864. The molecule has 0 unspecified atom stereocenters. The Balaban J connectivity index is 1.79. The van der Waals surface area contributed by atoms with Crippen molar-refractivity contribution < 1.29 is 4.79 Å². The number of carbonyl (C=O) groups excluding carboxylic acids is 1. The molecule has 0 atom stereocenters. The predicted molar refractivity (Wildman–Crippen MR) is 95.6 cm³/mol. The number of fused-ring (bicyclic) bond motifs is 1. The molecule has 23 heavy (non-hydrogen) atoms. The number of nitrogens with one attached hydrogen (secondary N) is 1. The third kappa shape index (κ3) is 3.60. The number of amidine groups is 1. The van der Waals surface area contributed by atoms with E-state index in [1.165, 1.54) is 11.8 Å². The second kappa shape index (κ2) is 6.66. The number of aliphatic imine (C=N–C) groups is 1. The standard InChI is InChI=1S/C17H16N4OS/c1-21(2)13-9-7-12(8-10-13)11-18-17-20-19-16(22)14-5-3-4-6-15(14)23-17/h3-11H,1-2H3,(H,19,22)/b18-11+. The molecule has 0 saturated carbocycles. The normalized spacial score (nSPS) is 14.0. The Morgan fingerprint density at radius 1 is 1.13 bits per heavy atom. The van der Waals surface area contributed by atoms with Gasteiger partial charge in [-0.05, 0) is 41.6 Å². The minimum Gasteiger partial charge on any atom is -0.378 e. The average Bonchev–Trinajstić information content (AvgIpc) is 2.73. The molecule has 1 heterocycles. The van der Waals surface area contributed by atoms with Crippen LogP contribution in [0.1, 0.15) is 15.9 Å². The van der Waals surface area contributed by atoms with Crippen molar-refractivity contribution in [1.29, 1.82) is 0 Å². The Bertz CT molecular complexity index is 781. The zero-order valence-electron chi connectivity index (χ0n) is 12.9. The maximum absolute atomic E-state index is 11.9. The van der Waals surface area contributed by atoms with Crippen LogP contribution in [0.15, 0.2) is 63.5 Å². The van der Waals surface area contributed by atoms with Crippen LogP contribution >= 0.6 is 11.8 Å². The molecule has 0 saturated heterocycles. The topological polar surface area (TPSA) is 57.1 Å². The largest absolute Gasteiger partial charge is 0.378 e. The van der Waals surface area contributed by atoms with E-state index in [0.717, 1.165) is 16.1 Å². The van der Waals surface area contributed by atoms with Gasteiger partial charge >= 0.3 is 0 Å². The number of carbonyl (C=O) groups is 1. The molecular formula is C17H16N4OS. The van der Waals surface area contributed by atoms with Gasteiger partial charge in [0.2, 0.25) is 5.17 Å². The predicted octanol–water partition coefficient (Wildman–Crippen LogP) is 2.98. The van der Waals surface area contributed by atoms with Gasteiger partial charge < -0.3 is 4.90 Å². The molecule has 1 aliphatic rings. The fourth-order valence-corrected chi connectivity index (χ4v) is 2.88. The van der Waals surface area contributed by atoms with Crippen molar-refractivity contribution in [3.05, 3.63) is 59.7 Å². The van der Waals surface area contributed by atoms with Crippen LogP contribution < -0.4 is 10.3 Å². The molecule has 1 aliphatic heterocycles. The van der Waals surface area contributed by atoms with E-state index in [0.29, 0.717) is 10.7 Å². The van der Waals surface area contributed by atoms with Crippen molar-refractivity contribution in [2.75, 3.05) is 19.0 Å². The Kier molecular flexibility index (Phi) is 4.43. The molecule has 0 aliphatic carbocycles. The molecule has 0 spiro atoms. The lowest BCUT2D eigenvalue weighted by molar-refractivity contribution is 0.0952. The monoisotopic (exact) mass is 324 g/mol. The fourth-order valence-electron chi connectivity index (χ4n) is 2.07. The minimum atomic E-state index is -0.214. The molecule has 1 amide bonds. The third-order valence-electron chi connectivity index (χ3n) is 3.32. The van der Waals surface area contributed by atoms with E-state index in [9.17, 15) is 4.79 Å². The van der Waals surface area contributed by atoms with E-state index in [4.69, 9.17) is 0 Å². The SMILES string of the molecule is CN(C)c1ccc(/C=N/C2=NNC(=O)c3ccccc3S2)cc1. The first-order valence-corrected chi connectivity index (χ1v) is 7.91. The molecule has 5 nitrogen and oxygen atoms in total. The summed E-state index contributed by atoms with van der Waals surface area (Å²) in [5.74, 6) is -0.214. The number of hydrogen-bond donors (Lipinski definition) is 1. The highest BCUT2D eigenvalue weighted by atomic mass is 32.2. The number of anilines is 1. The van der Waals surface area contributed by atoms with Gasteiger partial charge in [0, 0.05) is 30.9 Å². The Labute approximate surface area is 139 Å². The molecule has 2 aromatic rings. The highest BCUT2D eigenvalue weighted by Crippen LogP contribution is 2.26. The summed E-state index contributed by atoms with van der Waals surface area (Å²) in [5.41, 5.74) is 5.24. The Hall–Kier alpha value is -2.60. The van der Waals surface area contributed by atoms with Crippen molar-refractivity contribution in [2.45, 2.75) is 4.90 Å². The smallest absolute Gasteiger partial charge is 0.272 e. The summed E-state index contributed by atoms with van der Waals surface area (Å²) in [4.78, 5) is 19.2. The molecule has 0 fully saturated rings. The van der Waals surface area contributed by atoms with Crippen LogP contribution in [0.4, 0.5) is 5.69 Å². The number of nitrogens with zero attached hydrogens (tertiary/aromatic N) is 3. The maximum atomic E-state index is 11.9. The van der Waals surface area contributed by atoms with Crippen molar-refractivity contribution >= 4 is 34.7 Å². The lowest BCUT2D eigenvalue weighted by atomic mass is 10.2. The van der Waals surface area contributed by atoms with Crippen molar-refractivity contribution in [2.24, 2.45) is 10.1 Å². The van der Waals surface area contributed by atoms with Crippen molar-refractivity contribution in [3.63, 3.8) is 0 Å². The van der Waals surface area contributed by atoms with Crippen LogP contribution in [0.2, 0.25) is 0 Å². The van der Waals surface area contributed by atoms with Crippen molar-refractivity contribution in [1.82, 2.24) is 5.43 Å². The molecule has 0 aromatic heterocycles. The summed E-state index contributed by atoms with van der Waals surface area (Å²) in [7, 11) is 4.00. The van der Waals surface area contributed by atoms with E-state index < -0.39 is 0 Å². The van der Waals surface area contributed by atoms with Crippen LogP contribution in [-0.2, 0) is 0 Å². The molecule has 6 heteroatoms. The van der Waals surface area contributed by atoms with Gasteiger partial charge in [0.15, 0.2) is 0 Å². The summed E-state index contributed by atoms with van der Waals surface area (Å²) in [6.07, 6.45) is 1.74. The third-order valence-corrected chi connectivity index (χ3v) is 4.27. The van der Waals surface area contributed by atoms with Gasteiger partial charge in [-0.25, -0.2) is 10.4 Å². The van der Waals surface area contributed by atoms with Gasteiger partial charge in [-0.1, -0.05) is 24.3 Å². The summed E-state index contributed by atoms with van der Waals surface area (Å²) >= 11 is 1.37. The molecule has 2 aromatic carbocycles. The van der Waals surface area contributed by atoms with Crippen LogP contribution in [0, 0.1) is 0 Å². The highest BCUT2D eigenvalue weighted by molar-refractivity contribution is 8.14.